The van der Waals surface area contributed by atoms with Gasteiger partial charge in [-0.15, -0.1) is 0 Å². The first-order chi connectivity index (χ1) is 16.0. The molecule has 1 aliphatic rings. The van der Waals surface area contributed by atoms with E-state index in [1.54, 1.807) is 60.6 Å². The second kappa shape index (κ2) is 8.31. The molecule has 0 spiro atoms. The van der Waals surface area contributed by atoms with E-state index in [-0.39, 0.29) is 11.5 Å². The number of pyridine rings is 1. The maximum atomic E-state index is 13.5. The quantitative estimate of drug-likeness (QED) is 0.517. The van der Waals surface area contributed by atoms with E-state index in [1.807, 2.05) is 16.8 Å². The molecule has 3 heterocycles. The van der Waals surface area contributed by atoms with Crippen LogP contribution < -0.4 is 10.2 Å². The van der Waals surface area contributed by atoms with Gasteiger partial charge in [-0.1, -0.05) is 6.07 Å². The third-order valence-electron chi connectivity index (χ3n) is 5.66. The number of benzene rings is 2. The van der Waals surface area contributed by atoms with Crippen LogP contribution in [0.4, 0.5) is 15.8 Å². The number of hydrogen-bond donors (Lipinski definition) is 1. The number of rotatable bonds is 3. The van der Waals surface area contributed by atoms with Crippen molar-refractivity contribution < 1.29 is 14.0 Å². The SMILES string of the molecule is Cc1ccc(F)cc1C(=O)Nc1ccc(C(=O)N2Cc3ccnn3Cc3ncccc32)cc1. The highest BCUT2D eigenvalue weighted by Gasteiger charge is 2.26. The minimum atomic E-state index is -0.472. The van der Waals surface area contributed by atoms with Crippen LogP contribution in [0.25, 0.3) is 0 Å². The van der Waals surface area contributed by atoms with E-state index in [4.69, 9.17) is 0 Å². The van der Waals surface area contributed by atoms with Crippen LogP contribution in [0.2, 0.25) is 0 Å². The van der Waals surface area contributed by atoms with Crippen molar-refractivity contribution in [2.45, 2.75) is 20.0 Å². The summed E-state index contributed by atoms with van der Waals surface area (Å²) in [6.45, 7) is 2.61. The van der Waals surface area contributed by atoms with Gasteiger partial charge in [-0.05, 0) is 67.1 Å². The topological polar surface area (TPSA) is 80.1 Å². The number of amides is 2. The highest BCUT2D eigenvalue weighted by atomic mass is 19.1. The molecule has 0 radical (unpaired) electrons. The summed E-state index contributed by atoms with van der Waals surface area (Å²) in [5, 5.41) is 7.09. The van der Waals surface area contributed by atoms with Crippen LogP contribution in [0.5, 0.6) is 0 Å². The second-order valence-electron chi connectivity index (χ2n) is 7.83. The highest BCUT2D eigenvalue weighted by Crippen LogP contribution is 2.27. The van der Waals surface area contributed by atoms with Crippen molar-refractivity contribution in [2.75, 3.05) is 10.2 Å². The minimum absolute atomic E-state index is 0.183. The molecule has 5 rings (SSSR count). The van der Waals surface area contributed by atoms with E-state index in [2.05, 4.69) is 15.4 Å². The van der Waals surface area contributed by atoms with Crippen LogP contribution in [0, 0.1) is 12.7 Å². The maximum Gasteiger partial charge on any atom is 0.258 e. The predicted octanol–water partition coefficient (Wildman–Crippen LogP) is 4.19. The Morgan fingerprint density at radius 1 is 1.00 bits per heavy atom. The van der Waals surface area contributed by atoms with E-state index in [0.717, 1.165) is 17.1 Å². The Kier molecular flexibility index (Phi) is 5.18. The van der Waals surface area contributed by atoms with Crippen molar-refractivity contribution in [3.63, 3.8) is 0 Å². The first-order valence-corrected chi connectivity index (χ1v) is 10.4. The summed E-state index contributed by atoms with van der Waals surface area (Å²) in [5.41, 5.74) is 4.34. The zero-order chi connectivity index (χ0) is 22.9. The molecule has 2 aromatic carbocycles. The zero-order valence-electron chi connectivity index (χ0n) is 17.8. The average molecular weight is 441 g/mol. The molecule has 1 N–H and O–H groups in total. The molecule has 33 heavy (non-hydrogen) atoms. The number of halogens is 1. The molecule has 0 atom stereocenters. The molecular weight excluding hydrogens is 421 g/mol. The van der Waals surface area contributed by atoms with E-state index in [1.165, 1.54) is 12.1 Å². The van der Waals surface area contributed by atoms with Crippen molar-refractivity contribution in [3.05, 3.63) is 107 Å². The maximum absolute atomic E-state index is 13.5. The number of fused-ring (bicyclic) bond motifs is 2. The Hall–Kier alpha value is -4.33. The smallest absolute Gasteiger partial charge is 0.258 e. The molecule has 164 valence electrons. The standard InChI is InChI=1S/C25H20FN5O2/c1-16-4-7-18(26)13-21(16)24(32)29-19-8-5-17(6-9-19)25(33)30-14-20-10-12-28-31(20)15-22-23(30)3-2-11-27-22/h2-13H,14-15H2,1H3,(H,29,32). The lowest BCUT2D eigenvalue weighted by atomic mass is 10.1. The largest absolute Gasteiger partial charge is 0.322 e. The molecule has 1 aliphatic heterocycles. The fourth-order valence-corrected chi connectivity index (χ4v) is 3.89. The number of nitrogens with one attached hydrogen (secondary N) is 1. The normalized spacial score (nSPS) is 12.5. The fourth-order valence-electron chi connectivity index (χ4n) is 3.89. The van der Waals surface area contributed by atoms with Crippen LogP contribution in [-0.4, -0.2) is 26.6 Å². The molecule has 0 unspecified atom stereocenters. The molecule has 0 saturated heterocycles. The summed E-state index contributed by atoms with van der Waals surface area (Å²) < 4.78 is 15.4. The molecule has 8 heteroatoms. The molecular formula is C25H20FN5O2. The fraction of sp³-hybridized carbons (Fsp3) is 0.120. The Balaban J connectivity index is 1.39. The first kappa shape index (κ1) is 20.6. The van der Waals surface area contributed by atoms with Crippen molar-refractivity contribution in [2.24, 2.45) is 0 Å². The third-order valence-corrected chi connectivity index (χ3v) is 5.66. The lowest BCUT2D eigenvalue weighted by Crippen LogP contribution is -2.30. The Labute approximate surface area is 189 Å². The van der Waals surface area contributed by atoms with E-state index < -0.39 is 11.7 Å². The number of anilines is 2. The van der Waals surface area contributed by atoms with Gasteiger partial charge in [0, 0.05) is 29.2 Å². The van der Waals surface area contributed by atoms with Gasteiger partial charge in [0.1, 0.15) is 5.82 Å². The van der Waals surface area contributed by atoms with Crippen molar-refractivity contribution in [1.82, 2.24) is 14.8 Å². The van der Waals surface area contributed by atoms with Crippen molar-refractivity contribution >= 4 is 23.2 Å². The van der Waals surface area contributed by atoms with Gasteiger partial charge in [0.15, 0.2) is 0 Å². The number of aromatic nitrogens is 3. The Morgan fingerprint density at radius 3 is 2.64 bits per heavy atom. The summed E-state index contributed by atoms with van der Waals surface area (Å²) in [6.07, 6.45) is 3.41. The number of aryl methyl sites for hydroxylation is 1. The van der Waals surface area contributed by atoms with Gasteiger partial charge in [0.25, 0.3) is 11.8 Å². The van der Waals surface area contributed by atoms with Gasteiger partial charge >= 0.3 is 0 Å². The molecule has 0 bridgehead atoms. The van der Waals surface area contributed by atoms with Gasteiger partial charge in [0.05, 0.1) is 30.2 Å². The molecule has 2 aromatic heterocycles. The molecule has 0 aliphatic carbocycles. The molecule has 0 fully saturated rings. The minimum Gasteiger partial charge on any atom is -0.322 e. The van der Waals surface area contributed by atoms with Crippen LogP contribution in [-0.2, 0) is 13.1 Å². The van der Waals surface area contributed by atoms with Crippen molar-refractivity contribution in [1.29, 1.82) is 0 Å². The number of hydrogen-bond acceptors (Lipinski definition) is 4. The van der Waals surface area contributed by atoms with Crippen molar-refractivity contribution in [3.8, 4) is 0 Å². The summed E-state index contributed by atoms with van der Waals surface area (Å²) in [7, 11) is 0. The van der Waals surface area contributed by atoms with Gasteiger partial charge < -0.3 is 10.2 Å². The molecule has 2 amide bonds. The summed E-state index contributed by atoms with van der Waals surface area (Å²) in [6, 6.07) is 16.3. The zero-order valence-corrected chi connectivity index (χ0v) is 17.8. The number of carbonyl (C=O) groups is 2. The van der Waals surface area contributed by atoms with Gasteiger partial charge in [-0.25, -0.2) is 4.39 Å². The van der Waals surface area contributed by atoms with E-state index in [0.29, 0.717) is 29.9 Å². The van der Waals surface area contributed by atoms with Gasteiger partial charge in [-0.3, -0.25) is 19.3 Å². The van der Waals surface area contributed by atoms with Gasteiger partial charge in [-0.2, -0.15) is 5.10 Å². The Bertz CT molecular complexity index is 1360. The molecule has 4 aromatic rings. The molecule has 0 saturated carbocycles. The monoisotopic (exact) mass is 441 g/mol. The van der Waals surface area contributed by atoms with Crippen LogP contribution in [0.3, 0.4) is 0 Å². The van der Waals surface area contributed by atoms with Crippen LogP contribution in [0.15, 0.2) is 73.1 Å². The summed E-state index contributed by atoms with van der Waals surface area (Å²) >= 11 is 0. The van der Waals surface area contributed by atoms with Gasteiger partial charge in [0.2, 0.25) is 0 Å². The molecule has 7 nitrogen and oxygen atoms in total. The predicted molar refractivity (Wildman–Crippen MR) is 122 cm³/mol. The number of nitrogens with zero attached hydrogens (tertiary/aromatic N) is 4. The average Bonchev–Trinajstić information content (AvgIpc) is 3.19. The lowest BCUT2D eigenvalue weighted by molar-refractivity contribution is 0.0983. The summed E-state index contributed by atoms with van der Waals surface area (Å²) in [5.74, 6) is -1.06. The first-order valence-electron chi connectivity index (χ1n) is 10.4. The highest BCUT2D eigenvalue weighted by molar-refractivity contribution is 6.08. The van der Waals surface area contributed by atoms with Crippen LogP contribution in [0.1, 0.15) is 37.7 Å². The van der Waals surface area contributed by atoms with Crippen LogP contribution >= 0.6 is 0 Å². The van der Waals surface area contributed by atoms with E-state index >= 15 is 0 Å². The lowest BCUT2D eigenvalue weighted by Gasteiger charge is -2.22. The second-order valence-corrected chi connectivity index (χ2v) is 7.83. The van der Waals surface area contributed by atoms with E-state index in [9.17, 15) is 14.0 Å². The Morgan fingerprint density at radius 2 is 1.82 bits per heavy atom. The summed E-state index contributed by atoms with van der Waals surface area (Å²) in [4.78, 5) is 32.1. The third kappa shape index (κ3) is 3.98. The number of carbonyl (C=O) groups excluding carboxylic acids is 2.